The zero-order chi connectivity index (χ0) is 23.6. The first-order valence-electron chi connectivity index (χ1n) is 9.76. The van der Waals surface area contributed by atoms with E-state index >= 15 is 0 Å². The summed E-state index contributed by atoms with van der Waals surface area (Å²) >= 11 is 0. The molecule has 0 heterocycles. The molecule has 31 heavy (non-hydrogen) atoms. The highest BCUT2D eigenvalue weighted by Gasteiger charge is 2.32. The Labute approximate surface area is 181 Å². The van der Waals surface area contributed by atoms with Gasteiger partial charge in [0.1, 0.15) is 24.7 Å². The number of benzene rings is 1. The second-order valence-corrected chi connectivity index (χ2v) is 7.78. The summed E-state index contributed by atoms with van der Waals surface area (Å²) in [5.74, 6) is -1.89. The van der Waals surface area contributed by atoms with Crippen LogP contribution >= 0.6 is 0 Å². The van der Waals surface area contributed by atoms with Crippen LogP contribution in [0.3, 0.4) is 0 Å². The summed E-state index contributed by atoms with van der Waals surface area (Å²) < 4.78 is 9.64. The molecule has 0 aliphatic heterocycles. The van der Waals surface area contributed by atoms with Gasteiger partial charge in [-0.25, -0.2) is 4.79 Å². The molecule has 1 unspecified atom stereocenters. The normalized spacial score (nSPS) is 11.8. The Kier molecular flexibility index (Phi) is 9.94. The Morgan fingerprint density at radius 1 is 1.13 bits per heavy atom. The summed E-state index contributed by atoms with van der Waals surface area (Å²) in [4.78, 5) is 50.2. The Hall–Kier alpha value is -3.14. The number of amides is 3. The number of ether oxygens (including phenoxy) is 2. The minimum Gasteiger partial charge on any atom is -0.468 e. The lowest BCUT2D eigenvalue weighted by molar-refractivity contribution is -0.144. The molecule has 0 aliphatic rings. The van der Waals surface area contributed by atoms with Gasteiger partial charge in [-0.1, -0.05) is 29.8 Å². The molecule has 1 aromatic carbocycles. The van der Waals surface area contributed by atoms with Crippen LogP contribution in [0.2, 0.25) is 0 Å². The van der Waals surface area contributed by atoms with Crippen molar-refractivity contribution in [3.8, 4) is 0 Å². The molecule has 10 heteroatoms. The molecule has 1 rings (SSSR count). The van der Waals surface area contributed by atoms with Gasteiger partial charge < -0.3 is 30.1 Å². The lowest BCUT2D eigenvalue weighted by Gasteiger charge is -2.31. The fraction of sp³-hybridized carbons (Fsp3) is 0.524. The number of esters is 1. The number of carbonyl (C=O) groups is 4. The van der Waals surface area contributed by atoms with E-state index in [2.05, 4.69) is 15.4 Å². The van der Waals surface area contributed by atoms with Crippen molar-refractivity contribution >= 4 is 23.9 Å². The van der Waals surface area contributed by atoms with Gasteiger partial charge in [0.25, 0.3) is 0 Å². The molecular weight excluding hydrogens is 406 g/mol. The first-order valence-corrected chi connectivity index (χ1v) is 9.76. The summed E-state index contributed by atoms with van der Waals surface area (Å²) in [6.45, 7) is 5.49. The minimum absolute atomic E-state index is 0.168. The summed E-state index contributed by atoms with van der Waals surface area (Å²) in [5, 5.41) is 14.3. The van der Waals surface area contributed by atoms with Crippen molar-refractivity contribution in [1.29, 1.82) is 0 Å². The van der Waals surface area contributed by atoms with E-state index in [1.165, 1.54) is 7.11 Å². The lowest BCUT2D eigenvalue weighted by Crippen LogP contribution is -2.49. The average molecular weight is 437 g/mol. The number of methoxy groups -OCH3 is 1. The van der Waals surface area contributed by atoms with Crippen molar-refractivity contribution in [2.75, 3.05) is 33.4 Å². The van der Waals surface area contributed by atoms with Gasteiger partial charge in [-0.2, -0.15) is 0 Å². The number of alkyl carbamates (subject to hydrolysis) is 1. The number of hydrogen-bond donors (Lipinski definition) is 3. The first kappa shape index (κ1) is 25.9. The zero-order valence-corrected chi connectivity index (χ0v) is 18.6. The van der Waals surface area contributed by atoms with Crippen LogP contribution < -0.4 is 10.6 Å². The Morgan fingerprint density at radius 3 is 2.35 bits per heavy atom. The third kappa shape index (κ3) is 9.04. The van der Waals surface area contributed by atoms with Gasteiger partial charge in [-0.15, -0.1) is 0 Å². The molecule has 1 aromatic rings. The highest BCUT2D eigenvalue weighted by atomic mass is 16.6. The summed E-state index contributed by atoms with van der Waals surface area (Å²) in [7, 11) is 1.19. The van der Waals surface area contributed by atoms with Crippen LogP contribution in [0.15, 0.2) is 24.3 Å². The predicted octanol–water partition coefficient (Wildman–Crippen LogP) is 0.671. The largest absolute Gasteiger partial charge is 0.468 e. The van der Waals surface area contributed by atoms with Crippen LogP contribution in [0.1, 0.15) is 37.9 Å². The van der Waals surface area contributed by atoms with Crippen molar-refractivity contribution in [2.45, 2.75) is 39.3 Å². The number of aliphatic hydroxyl groups is 1. The zero-order valence-electron chi connectivity index (χ0n) is 18.6. The molecule has 0 saturated heterocycles. The van der Waals surface area contributed by atoms with Crippen LogP contribution in [0.5, 0.6) is 0 Å². The second-order valence-electron chi connectivity index (χ2n) is 7.78. The smallest absolute Gasteiger partial charge is 0.408 e. The molecule has 0 aromatic heterocycles. The number of nitrogens with one attached hydrogen (secondary N) is 2. The molecule has 3 N–H and O–H groups in total. The van der Waals surface area contributed by atoms with Gasteiger partial charge in [0, 0.05) is 6.54 Å². The van der Waals surface area contributed by atoms with Gasteiger partial charge in [0.2, 0.25) is 11.8 Å². The first-order chi connectivity index (χ1) is 14.5. The third-order valence-corrected chi connectivity index (χ3v) is 4.00. The number of nitrogens with zero attached hydrogens (tertiary/aromatic N) is 1. The molecule has 3 amide bonds. The van der Waals surface area contributed by atoms with E-state index in [9.17, 15) is 24.3 Å². The Morgan fingerprint density at radius 2 is 1.81 bits per heavy atom. The average Bonchev–Trinajstić information content (AvgIpc) is 2.68. The maximum Gasteiger partial charge on any atom is 0.408 e. The maximum absolute atomic E-state index is 12.9. The minimum atomic E-state index is -1.13. The van der Waals surface area contributed by atoms with E-state index in [1.54, 1.807) is 39.0 Å². The van der Waals surface area contributed by atoms with Crippen molar-refractivity contribution in [3.63, 3.8) is 0 Å². The van der Waals surface area contributed by atoms with Crippen LogP contribution in [0.4, 0.5) is 4.79 Å². The fourth-order valence-corrected chi connectivity index (χ4v) is 2.71. The van der Waals surface area contributed by atoms with Crippen LogP contribution in [0, 0.1) is 6.92 Å². The van der Waals surface area contributed by atoms with E-state index < -0.39 is 48.7 Å². The van der Waals surface area contributed by atoms with Gasteiger partial charge >= 0.3 is 12.1 Å². The van der Waals surface area contributed by atoms with Gasteiger partial charge in [-0.3, -0.25) is 14.4 Å². The number of aryl methyl sites for hydroxylation is 1. The lowest BCUT2D eigenvalue weighted by atomic mass is 10.0. The molecular formula is C21H31N3O7. The van der Waals surface area contributed by atoms with Gasteiger partial charge in [-0.05, 0) is 33.3 Å². The maximum atomic E-state index is 12.9. The van der Waals surface area contributed by atoms with E-state index in [0.717, 1.165) is 10.5 Å². The molecule has 0 bridgehead atoms. The second kappa shape index (κ2) is 11.9. The number of aliphatic hydroxyl groups excluding tert-OH is 1. The van der Waals surface area contributed by atoms with Crippen LogP contribution in [-0.4, -0.2) is 72.8 Å². The highest BCUT2D eigenvalue weighted by molar-refractivity contribution is 5.91. The predicted molar refractivity (Wildman–Crippen MR) is 112 cm³/mol. The van der Waals surface area contributed by atoms with Crippen LogP contribution in [-0.2, 0) is 23.9 Å². The SMILES string of the molecule is COC(=O)CNC(=O)C(c1cccc(C)c1)N(CCO)C(=O)CNC(=O)OC(C)(C)C. The number of hydrogen-bond acceptors (Lipinski definition) is 7. The molecule has 0 radical (unpaired) electrons. The van der Waals surface area contributed by atoms with E-state index in [4.69, 9.17) is 4.74 Å². The molecule has 0 spiro atoms. The van der Waals surface area contributed by atoms with Crippen molar-refractivity contribution in [2.24, 2.45) is 0 Å². The van der Waals surface area contributed by atoms with E-state index in [0.29, 0.717) is 5.56 Å². The van der Waals surface area contributed by atoms with Gasteiger partial charge in [0.05, 0.1) is 13.7 Å². The van der Waals surface area contributed by atoms with Crippen LogP contribution in [0.25, 0.3) is 0 Å². The van der Waals surface area contributed by atoms with Crippen molar-refractivity contribution < 1.29 is 33.8 Å². The van der Waals surface area contributed by atoms with Gasteiger partial charge in [0.15, 0.2) is 0 Å². The Balaban J connectivity index is 3.11. The van der Waals surface area contributed by atoms with Crippen molar-refractivity contribution in [1.82, 2.24) is 15.5 Å². The molecule has 1 atom stereocenters. The molecule has 10 nitrogen and oxygen atoms in total. The van der Waals surface area contributed by atoms with Crippen molar-refractivity contribution in [3.05, 3.63) is 35.4 Å². The number of carbonyl (C=O) groups excluding carboxylic acids is 4. The molecule has 0 aliphatic carbocycles. The quantitative estimate of drug-likeness (QED) is 0.483. The third-order valence-electron chi connectivity index (χ3n) is 4.00. The molecule has 0 saturated carbocycles. The standard InChI is InChI=1S/C21H31N3O7/c1-14-7-6-8-15(11-14)18(19(28)22-13-17(27)30-5)24(9-10-25)16(26)12-23-20(29)31-21(2,3)4/h6-8,11,18,25H,9-10,12-13H2,1-5H3,(H,22,28)(H,23,29). The van der Waals surface area contributed by atoms with E-state index in [1.807, 2.05) is 13.0 Å². The monoisotopic (exact) mass is 437 g/mol. The van der Waals surface area contributed by atoms with E-state index in [-0.39, 0.29) is 13.1 Å². The Bertz CT molecular complexity index is 789. The summed E-state index contributed by atoms with van der Waals surface area (Å²) in [6, 6.07) is 5.81. The number of rotatable bonds is 9. The topological polar surface area (TPSA) is 134 Å². The fourth-order valence-electron chi connectivity index (χ4n) is 2.71. The molecule has 0 fully saturated rings. The summed E-state index contributed by atoms with van der Waals surface area (Å²) in [5.41, 5.74) is 0.600. The summed E-state index contributed by atoms with van der Waals surface area (Å²) in [6.07, 6.45) is -0.785. The molecule has 172 valence electrons. The highest BCUT2D eigenvalue weighted by Crippen LogP contribution is 2.22.